The average molecular weight is 252 g/mol. The third-order valence-corrected chi connectivity index (χ3v) is 1.94. The number of anilines is 1. The van der Waals surface area contributed by atoms with Crippen molar-refractivity contribution in [1.29, 1.82) is 0 Å². The maximum atomic E-state index is 11.7. The van der Waals surface area contributed by atoms with Gasteiger partial charge in [0.2, 0.25) is 5.95 Å². The fourth-order valence-corrected chi connectivity index (χ4v) is 1.15. The Morgan fingerprint density at radius 1 is 1.44 bits per heavy atom. The molecule has 0 fully saturated rings. The van der Waals surface area contributed by atoms with E-state index in [4.69, 9.17) is 4.74 Å². The highest BCUT2D eigenvalue weighted by Gasteiger charge is 2.13. The number of carbonyl (C=O) groups is 1. The summed E-state index contributed by atoms with van der Waals surface area (Å²) in [7, 11) is 1.36. The Balaban J connectivity index is 2.21. The van der Waals surface area contributed by atoms with Gasteiger partial charge in [-0.25, -0.2) is 9.89 Å². The Kier molecular flexibility index (Phi) is 2.91. The number of aromatic nitrogens is 5. The molecule has 0 atom stereocenters. The predicted octanol–water partition coefficient (Wildman–Crippen LogP) is -1.56. The van der Waals surface area contributed by atoms with E-state index in [0.717, 1.165) is 6.20 Å². The van der Waals surface area contributed by atoms with Gasteiger partial charge in [-0.2, -0.15) is 4.98 Å². The standard InChI is InChI=1S/C8H8N6O4/c1-18-8-12-6(13-14-8)10-4(15)3-2-9-7(17)11-5(3)16/h2H,1H3,(H2,9,11,16,17)(H2,10,12,13,14,15). The van der Waals surface area contributed by atoms with Crippen molar-refractivity contribution in [3.05, 3.63) is 32.6 Å². The highest BCUT2D eigenvalue weighted by Crippen LogP contribution is 2.05. The van der Waals surface area contributed by atoms with Crippen LogP contribution in [0.15, 0.2) is 15.8 Å². The van der Waals surface area contributed by atoms with Crippen molar-refractivity contribution in [2.45, 2.75) is 0 Å². The van der Waals surface area contributed by atoms with Gasteiger partial charge >= 0.3 is 11.7 Å². The molecule has 10 nitrogen and oxygen atoms in total. The molecule has 2 rings (SSSR count). The van der Waals surface area contributed by atoms with Crippen molar-refractivity contribution < 1.29 is 9.53 Å². The first kappa shape index (κ1) is 11.6. The summed E-state index contributed by atoms with van der Waals surface area (Å²) in [6, 6.07) is 0.0423. The van der Waals surface area contributed by atoms with Crippen molar-refractivity contribution in [2.24, 2.45) is 0 Å². The molecule has 18 heavy (non-hydrogen) atoms. The molecule has 0 spiro atoms. The first-order valence-electron chi connectivity index (χ1n) is 4.70. The Morgan fingerprint density at radius 2 is 2.22 bits per heavy atom. The maximum Gasteiger partial charge on any atom is 0.336 e. The minimum absolute atomic E-state index is 0.0162. The van der Waals surface area contributed by atoms with Gasteiger partial charge in [-0.05, 0) is 0 Å². The number of aromatic amines is 3. The lowest BCUT2D eigenvalue weighted by molar-refractivity contribution is 0.102. The number of hydrogen-bond acceptors (Lipinski definition) is 6. The van der Waals surface area contributed by atoms with E-state index in [-0.39, 0.29) is 17.5 Å². The van der Waals surface area contributed by atoms with Gasteiger partial charge in [0.05, 0.1) is 7.11 Å². The van der Waals surface area contributed by atoms with Crippen molar-refractivity contribution >= 4 is 11.9 Å². The van der Waals surface area contributed by atoms with Gasteiger partial charge in [0.15, 0.2) is 0 Å². The topological polar surface area (TPSA) is 146 Å². The SMILES string of the molecule is COc1n[nH]c(NC(=O)c2c[nH]c(=O)[nH]c2=O)n1. The largest absolute Gasteiger partial charge is 0.466 e. The van der Waals surface area contributed by atoms with E-state index in [2.05, 4.69) is 25.5 Å². The second-order valence-electron chi connectivity index (χ2n) is 3.11. The van der Waals surface area contributed by atoms with Crippen LogP contribution in [0.5, 0.6) is 6.01 Å². The van der Waals surface area contributed by atoms with Gasteiger partial charge in [0.1, 0.15) is 5.56 Å². The lowest BCUT2D eigenvalue weighted by atomic mass is 10.3. The zero-order valence-electron chi connectivity index (χ0n) is 9.10. The van der Waals surface area contributed by atoms with Crippen LogP contribution in [0.1, 0.15) is 10.4 Å². The third kappa shape index (κ3) is 2.26. The van der Waals surface area contributed by atoms with Crippen LogP contribution < -0.4 is 21.3 Å². The summed E-state index contributed by atoms with van der Waals surface area (Å²) in [6.45, 7) is 0. The fourth-order valence-electron chi connectivity index (χ4n) is 1.15. The van der Waals surface area contributed by atoms with Gasteiger partial charge in [-0.15, -0.1) is 5.10 Å². The minimum Gasteiger partial charge on any atom is -0.466 e. The number of rotatable bonds is 3. The van der Waals surface area contributed by atoms with Crippen LogP contribution in [0.3, 0.4) is 0 Å². The molecular weight excluding hydrogens is 244 g/mol. The van der Waals surface area contributed by atoms with Gasteiger partial charge in [-0.1, -0.05) is 0 Å². The van der Waals surface area contributed by atoms with Crippen molar-refractivity contribution in [3.63, 3.8) is 0 Å². The number of amides is 1. The van der Waals surface area contributed by atoms with Crippen LogP contribution >= 0.6 is 0 Å². The number of hydrogen-bond donors (Lipinski definition) is 4. The Bertz CT molecular complexity index is 683. The number of methoxy groups -OCH3 is 1. The molecule has 0 saturated carbocycles. The lowest BCUT2D eigenvalue weighted by Crippen LogP contribution is -2.29. The maximum absolute atomic E-state index is 11.7. The first-order valence-corrected chi connectivity index (χ1v) is 4.70. The van der Waals surface area contributed by atoms with Crippen LogP contribution in [0.2, 0.25) is 0 Å². The van der Waals surface area contributed by atoms with Crippen LogP contribution in [-0.4, -0.2) is 38.2 Å². The third-order valence-electron chi connectivity index (χ3n) is 1.94. The van der Waals surface area contributed by atoms with E-state index in [1.807, 2.05) is 4.98 Å². The van der Waals surface area contributed by atoms with Gasteiger partial charge in [0.25, 0.3) is 11.5 Å². The molecule has 2 aromatic heterocycles. The van der Waals surface area contributed by atoms with Crippen LogP contribution in [0.4, 0.5) is 5.95 Å². The number of nitrogens with one attached hydrogen (secondary N) is 4. The van der Waals surface area contributed by atoms with Crippen LogP contribution in [-0.2, 0) is 0 Å². The predicted molar refractivity (Wildman–Crippen MR) is 58.6 cm³/mol. The monoisotopic (exact) mass is 252 g/mol. The number of ether oxygens (including phenoxy) is 1. The summed E-state index contributed by atoms with van der Waals surface area (Å²) in [5.74, 6) is -0.728. The summed E-state index contributed by atoms with van der Waals surface area (Å²) in [5, 5.41) is 8.27. The Morgan fingerprint density at radius 3 is 2.83 bits per heavy atom. The van der Waals surface area contributed by atoms with E-state index in [9.17, 15) is 14.4 Å². The number of H-pyrrole nitrogens is 3. The molecule has 2 heterocycles. The second kappa shape index (κ2) is 4.53. The summed E-state index contributed by atoms with van der Waals surface area (Å²) in [5.41, 5.74) is -1.76. The number of carbonyl (C=O) groups excluding carboxylic acids is 1. The van der Waals surface area contributed by atoms with Crippen LogP contribution in [0.25, 0.3) is 0 Å². The van der Waals surface area contributed by atoms with Crippen molar-refractivity contribution in [3.8, 4) is 6.01 Å². The van der Waals surface area contributed by atoms with E-state index in [0.29, 0.717) is 0 Å². The van der Waals surface area contributed by atoms with Crippen LogP contribution in [0, 0.1) is 0 Å². The summed E-state index contributed by atoms with van der Waals surface area (Å²) >= 11 is 0. The minimum atomic E-state index is -0.803. The zero-order valence-corrected chi connectivity index (χ0v) is 9.10. The van der Waals surface area contributed by atoms with E-state index < -0.39 is 17.2 Å². The van der Waals surface area contributed by atoms with E-state index >= 15 is 0 Å². The molecule has 0 saturated heterocycles. The van der Waals surface area contributed by atoms with Gasteiger partial charge < -0.3 is 9.72 Å². The van der Waals surface area contributed by atoms with E-state index in [1.54, 1.807) is 0 Å². The molecule has 0 aliphatic carbocycles. The molecule has 0 unspecified atom stereocenters. The molecular formula is C8H8N6O4. The highest BCUT2D eigenvalue weighted by atomic mass is 16.5. The summed E-state index contributed by atoms with van der Waals surface area (Å²) in [4.78, 5) is 41.6. The Hall–Kier alpha value is -2.91. The molecule has 2 aromatic rings. The second-order valence-corrected chi connectivity index (χ2v) is 3.11. The van der Waals surface area contributed by atoms with Crippen molar-refractivity contribution in [2.75, 3.05) is 12.4 Å². The molecule has 10 heteroatoms. The zero-order chi connectivity index (χ0) is 13.1. The lowest BCUT2D eigenvalue weighted by Gasteiger charge is -1.99. The summed E-state index contributed by atoms with van der Waals surface area (Å²) in [6.07, 6.45) is 1.00. The van der Waals surface area contributed by atoms with Gasteiger partial charge in [0, 0.05) is 6.20 Å². The summed E-state index contributed by atoms with van der Waals surface area (Å²) < 4.78 is 4.70. The molecule has 0 aliphatic rings. The molecule has 1 amide bonds. The molecule has 0 aromatic carbocycles. The Labute approximate surface area is 98.4 Å². The molecule has 94 valence electrons. The van der Waals surface area contributed by atoms with E-state index in [1.165, 1.54) is 7.11 Å². The molecule has 0 aliphatic heterocycles. The quantitative estimate of drug-likeness (QED) is 0.519. The smallest absolute Gasteiger partial charge is 0.336 e. The fraction of sp³-hybridized carbons (Fsp3) is 0.125. The molecule has 0 radical (unpaired) electrons. The molecule has 4 N–H and O–H groups in total. The average Bonchev–Trinajstić information content (AvgIpc) is 2.76. The normalized spacial score (nSPS) is 10.1. The van der Waals surface area contributed by atoms with Gasteiger partial charge in [-0.3, -0.25) is 19.9 Å². The first-order chi connectivity index (χ1) is 8.60. The number of nitrogens with zero attached hydrogens (tertiary/aromatic N) is 2. The van der Waals surface area contributed by atoms with Crippen molar-refractivity contribution in [1.82, 2.24) is 25.1 Å². The molecule has 0 bridgehead atoms. The highest BCUT2D eigenvalue weighted by molar-refractivity contribution is 6.02.